The van der Waals surface area contributed by atoms with E-state index in [0.29, 0.717) is 0 Å². The molecule has 2 atom stereocenters. The maximum Gasteiger partial charge on any atom is 0.00507 e. The summed E-state index contributed by atoms with van der Waals surface area (Å²) in [4.78, 5) is 2.47. The van der Waals surface area contributed by atoms with E-state index in [0.717, 1.165) is 17.8 Å². The Morgan fingerprint density at radius 3 is 2.50 bits per heavy atom. The molecule has 1 fully saturated rings. The predicted molar refractivity (Wildman–Crippen MR) is 69.7 cm³/mol. The van der Waals surface area contributed by atoms with Crippen LogP contribution in [0.3, 0.4) is 0 Å². The molecule has 1 aliphatic rings. The second-order valence-corrected chi connectivity index (χ2v) is 5.59. The number of rotatable bonds is 2. The van der Waals surface area contributed by atoms with Crippen LogP contribution in [0.25, 0.3) is 0 Å². The van der Waals surface area contributed by atoms with Crippen molar-refractivity contribution in [3.8, 4) is 0 Å². The zero-order chi connectivity index (χ0) is 11.7. The van der Waals surface area contributed by atoms with Gasteiger partial charge in [0.2, 0.25) is 0 Å². The maximum absolute atomic E-state index is 2.47. The summed E-state index contributed by atoms with van der Waals surface area (Å²) in [5, 5.41) is 0. The number of hydrogen-bond donors (Lipinski definition) is 0. The van der Waals surface area contributed by atoms with Gasteiger partial charge in [-0.3, -0.25) is 0 Å². The van der Waals surface area contributed by atoms with Gasteiger partial charge >= 0.3 is 0 Å². The van der Waals surface area contributed by atoms with E-state index in [-0.39, 0.29) is 0 Å². The van der Waals surface area contributed by atoms with Crippen LogP contribution in [0.4, 0.5) is 0 Å². The fraction of sp³-hybridized carbons (Fsp3) is 0.600. The molecule has 0 spiro atoms. The molecule has 16 heavy (non-hydrogen) atoms. The Morgan fingerprint density at radius 1 is 1.19 bits per heavy atom. The molecule has 1 aromatic rings. The number of likely N-dealkylation sites (N-methyl/N-ethyl adjacent to an activating group) is 1. The molecule has 1 saturated heterocycles. The molecule has 1 nitrogen and oxygen atoms in total. The molecule has 1 heteroatoms. The van der Waals surface area contributed by atoms with Gasteiger partial charge in [-0.1, -0.05) is 38.1 Å². The van der Waals surface area contributed by atoms with Crippen molar-refractivity contribution in [2.24, 2.45) is 11.8 Å². The number of hydrogen-bond acceptors (Lipinski definition) is 1. The number of aryl methyl sites for hydroxylation is 1. The predicted octanol–water partition coefficient (Wildman–Crippen LogP) is 3.30. The molecular weight excluding hydrogens is 194 g/mol. The molecular formula is C15H23N. The molecule has 2 rings (SSSR count). The first-order chi connectivity index (χ1) is 7.59. The Balaban J connectivity index is 2.29. The first kappa shape index (κ1) is 11.7. The summed E-state index contributed by atoms with van der Waals surface area (Å²) in [6.45, 7) is 9.42. The van der Waals surface area contributed by atoms with Gasteiger partial charge in [0.25, 0.3) is 0 Å². The standard InChI is InChI=1S/C15H23N/c1-11(2)14-9-16(4)10-15(14)13-8-6-5-7-12(13)3/h5-8,11,14-15H,9-10H2,1-4H3/t14-,15-/m0/s1. The van der Waals surface area contributed by atoms with Gasteiger partial charge in [-0.2, -0.15) is 0 Å². The maximum atomic E-state index is 2.47. The summed E-state index contributed by atoms with van der Waals surface area (Å²) >= 11 is 0. The highest BCUT2D eigenvalue weighted by Gasteiger charge is 2.34. The normalized spacial score (nSPS) is 26.6. The van der Waals surface area contributed by atoms with Gasteiger partial charge < -0.3 is 4.90 Å². The van der Waals surface area contributed by atoms with Crippen molar-refractivity contribution in [2.75, 3.05) is 20.1 Å². The minimum Gasteiger partial charge on any atom is -0.305 e. The summed E-state index contributed by atoms with van der Waals surface area (Å²) < 4.78 is 0. The summed E-state index contributed by atoms with van der Waals surface area (Å²) in [5.41, 5.74) is 3.01. The summed E-state index contributed by atoms with van der Waals surface area (Å²) in [5.74, 6) is 2.31. The molecule has 0 aliphatic carbocycles. The third-order valence-corrected chi connectivity index (χ3v) is 3.99. The molecule has 1 aromatic carbocycles. The van der Waals surface area contributed by atoms with Crippen LogP contribution < -0.4 is 0 Å². The summed E-state index contributed by atoms with van der Waals surface area (Å²) in [7, 11) is 2.24. The highest BCUT2D eigenvalue weighted by molar-refractivity contribution is 5.31. The first-order valence-corrected chi connectivity index (χ1v) is 6.33. The van der Waals surface area contributed by atoms with E-state index in [1.165, 1.54) is 18.7 Å². The average Bonchev–Trinajstić information content (AvgIpc) is 2.61. The Morgan fingerprint density at radius 2 is 1.88 bits per heavy atom. The van der Waals surface area contributed by atoms with Crippen LogP contribution in [0.2, 0.25) is 0 Å². The highest BCUT2D eigenvalue weighted by Crippen LogP contribution is 2.37. The average molecular weight is 217 g/mol. The van der Waals surface area contributed by atoms with Crippen molar-refractivity contribution < 1.29 is 0 Å². The quantitative estimate of drug-likeness (QED) is 0.734. The lowest BCUT2D eigenvalue weighted by Gasteiger charge is -2.23. The Kier molecular flexibility index (Phi) is 3.34. The van der Waals surface area contributed by atoms with Crippen molar-refractivity contribution in [3.05, 3.63) is 35.4 Å². The van der Waals surface area contributed by atoms with Crippen molar-refractivity contribution in [1.82, 2.24) is 4.90 Å². The van der Waals surface area contributed by atoms with E-state index in [1.807, 2.05) is 0 Å². The van der Waals surface area contributed by atoms with Gasteiger partial charge in [0.1, 0.15) is 0 Å². The largest absolute Gasteiger partial charge is 0.305 e. The van der Waals surface area contributed by atoms with E-state index in [2.05, 4.69) is 57.0 Å². The van der Waals surface area contributed by atoms with Crippen molar-refractivity contribution in [3.63, 3.8) is 0 Å². The molecule has 0 N–H and O–H groups in total. The lowest BCUT2D eigenvalue weighted by atomic mass is 9.80. The van der Waals surface area contributed by atoms with Gasteiger partial charge in [0.05, 0.1) is 0 Å². The van der Waals surface area contributed by atoms with Gasteiger partial charge in [-0.15, -0.1) is 0 Å². The zero-order valence-corrected chi connectivity index (χ0v) is 10.9. The Labute approximate surface area is 99.5 Å². The second kappa shape index (κ2) is 4.58. The van der Waals surface area contributed by atoms with Gasteiger partial charge in [-0.25, -0.2) is 0 Å². The molecule has 1 heterocycles. The highest BCUT2D eigenvalue weighted by atomic mass is 15.1. The lowest BCUT2D eigenvalue weighted by Crippen LogP contribution is -2.18. The minimum atomic E-state index is 0.728. The molecule has 0 unspecified atom stereocenters. The molecule has 0 aromatic heterocycles. The number of benzene rings is 1. The minimum absolute atomic E-state index is 0.728. The van der Waals surface area contributed by atoms with Crippen molar-refractivity contribution in [1.29, 1.82) is 0 Å². The van der Waals surface area contributed by atoms with E-state index >= 15 is 0 Å². The van der Waals surface area contributed by atoms with Crippen LogP contribution in [0.1, 0.15) is 30.9 Å². The van der Waals surface area contributed by atoms with Gasteiger partial charge in [0, 0.05) is 19.0 Å². The van der Waals surface area contributed by atoms with Crippen molar-refractivity contribution in [2.45, 2.75) is 26.7 Å². The van der Waals surface area contributed by atoms with E-state index in [1.54, 1.807) is 5.56 Å². The summed E-state index contributed by atoms with van der Waals surface area (Å²) in [6.07, 6.45) is 0. The second-order valence-electron chi connectivity index (χ2n) is 5.59. The zero-order valence-electron chi connectivity index (χ0n) is 10.9. The van der Waals surface area contributed by atoms with Gasteiger partial charge in [-0.05, 0) is 36.9 Å². The van der Waals surface area contributed by atoms with E-state index in [9.17, 15) is 0 Å². The Bertz CT molecular complexity index is 356. The topological polar surface area (TPSA) is 3.24 Å². The molecule has 88 valence electrons. The molecule has 0 amide bonds. The van der Waals surface area contributed by atoms with Crippen LogP contribution >= 0.6 is 0 Å². The van der Waals surface area contributed by atoms with E-state index in [4.69, 9.17) is 0 Å². The third-order valence-electron chi connectivity index (χ3n) is 3.99. The van der Waals surface area contributed by atoms with E-state index < -0.39 is 0 Å². The number of nitrogens with zero attached hydrogens (tertiary/aromatic N) is 1. The van der Waals surface area contributed by atoms with Crippen LogP contribution in [0, 0.1) is 18.8 Å². The number of likely N-dealkylation sites (tertiary alicyclic amines) is 1. The lowest BCUT2D eigenvalue weighted by molar-refractivity contribution is 0.344. The first-order valence-electron chi connectivity index (χ1n) is 6.33. The molecule has 0 saturated carbocycles. The van der Waals surface area contributed by atoms with Crippen LogP contribution in [-0.4, -0.2) is 25.0 Å². The smallest absolute Gasteiger partial charge is 0.00507 e. The van der Waals surface area contributed by atoms with Gasteiger partial charge in [0.15, 0.2) is 0 Å². The van der Waals surface area contributed by atoms with Crippen LogP contribution in [-0.2, 0) is 0 Å². The third kappa shape index (κ3) is 2.15. The molecule has 0 radical (unpaired) electrons. The monoisotopic (exact) mass is 217 g/mol. The molecule has 0 bridgehead atoms. The SMILES string of the molecule is Cc1ccccc1[C@@H]1CN(C)C[C@H]1C(C)C. The fourth-order valence-electron chi connectivity index (χ4n) is 3.04. The summed E-state index contributed by atoms with van der Waals surface area (Å²) in [6, 6.07) is 8.87. The van der Waals surface area contributed by atoms with Crippen molar-refractivity contribution >= 4 is 0 Å². The Hall–Kier alpha value is -0.820. The fourth-order valence-corrected chi connectivity index (χ4v) is 3.04. The molecule has 1 aliphatic heterocycles. The van der Waals surface area contributed by atoms with Crippen LogP contribution in [0.5, 0.6) is 0 Å². The van der Waals surface area contributed by atoms with Crippen LogP contribution in [0.15, 0.2) is 24.3 Å².